The Kier molecular flexibility index (Phi) is 5.93. The lowest BCUT2D eigenvalue weighted by molar-refractivity contribution is -0.120. The van der Waals surface area contributed by atoms with Crippen molar-refractivity contribution < 1.29 is 4.79 Å². The molecule has 3 aliphatic rings. The molecule has 30 heavy (non-hydrogen) atoms. The second-order valence-corrected chi connectivity index (χ2v) is 11.5. The Morgan fingerprint density at radius 3 is 2.57 bits per heavy atom. The van der Waals surface area contributed by atoms with Crippen molar-refractivity contribution in [2.45, 2.75) is 106 Å². The third-order valence-electron chi connectivity index (χ3n) is 7.03. The molecule has 2 aromatic rings. The number of thiophene rings is 1. The molecule has 0 spiro atoms. The molecule has 0 aliphatic heterocycles. The summed E-state index contributed by atoms with van der Waals surface area (Å²) in [6.07, 6.45) is 13.4. The summed E-state index contributed by atoms with van der Waals surface area (Å²) in [6.45, 7) is 1.95. The normalized spacial score (nSPS) is 21.2. The van der Waals surface area contributed by atoms with Crippen LogP contribution < -0.4 is 10.9 Å². The molecule has 3 aliphatic carbocycles. The zero-order chi connectivity index (χ0) is 20.7. The van der Waals surface area contributed by atoms with E-state index in [1.54, 1.807) is 11.3 Å². The smallest absolute Gasteiger partial charge is 0.263 e. The fourth-order valence-electron chi connectivity index (χ4n) is 5.37. The molecule has 162 valence electrons. The lowest BCUT2D eigenvalue weighted by Crippen LogP contribution is -2.38. The van der Waals surface area contributed by atoms with Crippen LogP contribution in [0, 0.1) is 0 Å². The minimum absolute atomic E-state index is 0.0738. The fraction of sp³-hybridized carbons (Fsp3) is 0.696. The van der Waals surface area contributed by atoms with Crippen LogP contribution in [0.15, 0.2) is 9.95 Å². The Morgan fingerprint density at radius 2 is 1.80 bits per heavy atom. The molecular formula is C23H31N3O2S2. The van der Waals surface area contributed by atoms with Gasteiger partial charge >= 0.3 is 0 Å². The van der Waals surface area contributed by atoms with Crippen LogP contribution >= 0.6 is 23.1 Å². The monoisotopic (exact) mass is 445 g/mol. The van der Waals surface area contributed by atoms with Crippen LogP contribution in [-0.2, 0) is 17.6 Å². The largest absolute Gasteiger partial charge is 0.352 e. The molecule has 1 N–H and O–H groups in total. The molecule has 5 nitrogen and oxygen atoms in total. The first-order valence-corrected chi connectivity index (χ1v) is 13.3. The van der Waals surface area contributed by atoms with Crippen LogP contribution in [0.3, 0.4) is 0 Å². The van der Waals surface area contributed by atoms with Crippen molar-refractivity contribution in [1.82, 2.24) is 14.9 Å². The van der Waals surface area contributed by atoms with Crippen molar-refractivity contribution in [3.63, 3.8) is 0 Å². The number of aryl methyl sites for hydroxylation is 2. The number of carbonyl (C=O) groups is 1. The van der Waals surface area contributed by atoms with Gasteiger partial charge in [-0.05, 0) is 63.9 Å². The van der Waals surface area contributed by atoms with Gasteiger partial charge in [-0.2, -0.15) is 0 Å². The Morgan fingerprint density at radius 1 is 1.10 bits per heavy atom. The molecule has 5 rings (SSSR count). The zero-order valence-electron chi connectivity index (χ0n) is 17.7. The van der Waals surface area contributed by atoms with Crippen molar-refractivity contribution in [1.29, 1.82) is 0 Å². The summed E-state index contributed by atoms with van der Waals surface area (Å²) in [7, 11) is 0. The standard InChI is InChI=1S/C23H31N3O2S2/c1-14(20(27)24-15-8-2-3-9-15)29-23-25-21-19(17-12-6-7-13-18(17)30-21)22(28)26(23)16-10-4-5-11-16/h14-16H,2-13H2,1H3,(H,24,27)/t14-/m1/s1. The Labute approximate surface area is 186 Å². The van der Waals surface area contributed by atoms with Gasteiger partial charge in [-0.25, -0.2) is 4.98 Å². The molecule has 0 unspecified atom stereocenters. The molecule has 0 radical (unpaired) electrons. The van der Waals surface area contributed by atoms with Crippen LogP contribution in [0.2, 0.25) is 0 Å². The maximum atomic E-state index is 13.7. The molecule has 0 saturated heterocycles. The molecule has 1 amide bonds. The van der Waals surface area contributed by atoms with Gasteiger partial charge in [0.2, 0.25) is 5.91 Å². The third-order valence-corrected chi connectivity index (χ3v) is 9.28. The summed E-state index contributed by atoms with van der Waals surface area (Å²) in [5, 5.41) is 4.57. The summed E-state index contributed by atoms with van der Waals surface area (Å²) >= 11 is 3.17. The minimum atomic E-state index is -0.253. The minimum Gasteiger partial charge on any atom is -0.352 e. The van der Waals surface area contributed by atoms with Crippen LogP contribution in [0.25, 0.3) is 10.2 Å². The number of fused-ring (bicyclic) bond motifs is 3. The Bertz CT molecular complexity index is 1000. The average molecular weight is 446 g/mol. The van der Waals surface area contributed by atoms with Gasteiger partial charge in [0.15, 0.2) is 5.16 Å². The first-order chi connectivity index (χ1) is 14.6. The van der Waals surface area contributed by atoms with Crippen molar-refractivity contribution in [3.8, 4) is 0 Å². The highest BCUT2D eigenvalue weighted by Gasteiger charge is 2.29. The maximum Gasteiger partial charge on any atom is 0.263 e. The Hall–Kier alpha value is -1.34. The third kappa shape index (κ3) is 3.83. The van der Waals surface area contributed by atoms with E-state index in [-0.39, 0.29) is 22.8 Å². The molecule has 2 saturated carbocycles. The molecule has 1 atom stereocenters. The van der Waals surface area contributed by atoms with Crippen LogP contribution in [0.4, 0.5) is 0 Å². The van der Waals surface area contributed by atoms with Gasteiger partial charge in [-0.1, -0.05) is 37.4 Å². The van der Waals surface area contributed by atoms with Crippen LogP contribution in [-0.4, -0.2) is 26.8 Å². The second-order valence-electron chi connectivity index (χ2n) is 9.15. The topological polar surface area (TPSA) is 64.0 Å². The summed E-state index contributed by atoms with van der Waals surface area (Å²) in [6, 6.07) is 0.540. The van der Waals surface area contributed by atoms with Crippen molar-refractivity contribution in [2.75, 3.05) is 0 Å². The number of thioether (sulfide) groups is 1. The lowest BCUT2D eigenvalue weighted by atomic mass is 9.97. The SMILES string of the molecule is C[C@@H](Sc1nc2sc3c(c2c(=O)n1C1CCCC1)CCCC3)C(=O)NC1CCCC1. The number of carbonyl (C=O) groups excluding carboxylic acids is 1. The molecule has 0 aromatic carbocycles. The van der Waals surface area contributed by atoms with E-state index in [1.165, 1.54) is 54.3 Å². The van der Waals surface area contributed by atoms with Gasteiger partial charge in [0.05, 0.1) is 10.6 Å². The zero-order valence-corrected chi connectivity index (χ0v) is 19.4. The van der Waals surface area contributed by atoms with Crippen molar-refractivity contribution >= 4 is 39.2 Å². The summed E-state index contributed by atoms with van der Waals surface area (Å²) in [5.74, 6) is 0.0738. The molecule has 2 heterocycles. The number of amides is 1. The number of nitrogens with zero attached hydrogens (tertiary/aromatic N) is 2. The van der Waals surface area contributed by atoms with Gasteiger partial charge in [-0.3, -0.25) is 14.2 Å². The van der Waals surface area contributed by atoms with E-state index in [2.05, 4.69) is 5.32 Å². The van der Waals surface area contributed by atoms with E-state index >= 15 is 0 Å². The summed E-state index contributed by atoms with van der Waals surface area (Å²) in [4.78, 5) is 33.8. The maximum absolute atomic E-state index is 13.7. The second kappa shape index (κ2) is 8.65. The highest BCUT2D eigenvalue weighted by atomic mass is 32.2. The first kappa shape index (κ1) is 20.6. The van der Waals surface area contributed by atoms with E-state index in [0.29, 0.717) is 6.04 Å². The molecule has 2 fully saturated rings. The highest BCUT2D eigenvalue weighted by molar-refractivity contribution is 8.00. The van der Waals surface area contributed by atoms with Crippen molar-refractivity contribution in [2.24, 2.45) is 0 Å². The first-order valence-electron chi connectivity index (χ1n) is 11.7. The van der Waals surface area contributed by atoms with E-state index < -0.39 is 0 Å². The van der Waals surface area contributed by atoms with Crippen molar-refractivity contribution in [3.05, 3.63) is 20.8 Å². The fourth-order valence-corrected chi connectivity index (χ4v) is 7.66. The Balaban J connectivity index is 1.50. The van der Waals surface area contributed by atoms with E-state index in [9.17, 15) is 9.59 Å². The summed E-state index contributed by atoms with van der Waals surface area (Å²) in [5.41, 5.74) is 1.39. The van der Waals surface area contributed by atoms with Gasteiger partial charge in [0.25, 0.3) is 5.56 Å². The number of aromatic nitrogens is 2. The molecule has 0 bridgehead atoms. The van der Waals surface area contributed by atoms with Gasteiger partial charge in [0, 0.05) is 17.0 Å². The molecule has 7 heteroatoms. The number of rotatable bonds is 5. The van der Waals surface area contributed by atoms with E-state index in [0.717, 1.165) is 60.3 Å². The highest BCUT2D eigenvalue weighted by Crippen LogP contribution is 2.38. The molecular weight excluding hydrogens is 414 g/mol. The predicted octanol–water partition coefficient (Wildman–Crippen LogP) is 4.99. The quantitative estimate of drug-likeness (QED) is 0.520. The number of nitrogens with one attached hydrogen (secondary N) is 1. The van der Waals surface area contributed by atoms with Crippen LogP contribution in [0.1, 0.15) is 87.6 Å². The van der Waals surface area contributed by atoms with Gasteiger partial charge in [0.1, 0.15) is 4.83 Å². The number of hydrogen-bond donors (Lipinski definition) is 1. The van der Waals surface area contributed by atoms with E-state index in [1.807, 2.05) is 11.5 Å². The summed E-state index contributed by atoms with van der Waals surface area (Å²) < 4.78 is 1.96. The van der Waals surface area contributed by atoms with Gasteiger partial charge < -0.3 is 5.32 Å². The predicted molar refractivity (Wildman–Crippen MR) is 124 cm³/mol. The molecule has 2 aromatic heterocycles. The van der Waals surface area contributed by atoms with Gasteiger partial charge in [-0.15, -0.1) is 11.3 Å². The van der Waals surface area contributed by atoms with Crippen LogP contribution in [0.5, 0.6) is 0 Å². The average Bonchev–Trinajstić information content (AvgIpc) is 3.48. The number of hydrogen-bond acceptors (Lipinski definition) is 5. The van der Waals surface area contributed by atoms with E-state index in [4.69, 9.17) is 4.98 Å². The lowest BCUT2D eigenvalue weighted by Gasteiger charge is -2.21.